The van der Waals surface area contributed by atoms with E-state index in [-0.39, 0.29) is 5.91 Å². The first kappa shape index (κ1) is 18.5. The number of thiophene rings is 1. The van der Waals surface area contributed by atoms with Crippen LogP contribution >= 0.6 is 22.7 Å². The molecule has 0 fully saturated rings. The number of carbonyl (C=O) groups is 2. The van der Waals surface area contributed by atoms with E-state index in [1.165, 1.54) is 11.3 Å². The average Bonchev–Trinajstić information content (AvgIpc) is 3.16. The monoisotopic (exact) mass is 388 g/mol. The summed E-state index contributed by atoms with van der Waals surface area (Å²) in [6.07, 6.45) is 1.81. The first-order chi connectivity index (χ1) is 12.5. The highest BCUT2D eigenvalue weighted by Gasteiger charge is 2.21. The Morgan fingerprint density at radius 2 is 1.92 bits per heavy atom. The lowest BCUT2D eigenvalue weighted by atomic mass is 10.1. The molecule has 0 bridgehead atoms. The van der Waals surface area contributed by atoms with E-state index in [9.17, 15) is 9.59 Å². The number of hydrogen-bond acceptors (Lipinski definition) is 6. The fourth-order valence-electron chi connectivity index (χ4n) is 2.77. The SMILES string of the molecule is CCCc1c(C(=O)Nc2nc(C)c(C(=O)OCC)s2)sc2ccccc12. The van der Waals surface area contributed by atoms with E-state index in [1.807, 2.05) is 18.2 Å². The van der Waals surface area contributed by atoms with Gasteiger partial charge in [0.25, 0.3) is 5.91 Å². The Bertz CT molecular complexity index is 959. The minimum atomic E-state index is -0.406. The van der Waals surface area contributed by atoms with Gasteiger partial charge in [-0.05, 0) is 37.3 Å². The minimum absolute atomic E-state index is 0.182. The number of anilines is 1. The highest BCUT2D eigenvalue weighted by molar-refractivity contribution is 7.21. The number of ether oxygens (including phenoxy) is 1. The van der Waals surface area contributed by atoms with Crippen LogP contribution in [0.3, 0.4) is 0 Å². The molecule has 0 aliphatic heterocycles. The van der Waals surface area contributed by atoms with Gasteiger partial charge in [-0.15, -0.1) is 11.3 Å². The molecule has 0 radical (unpaired) electrons. The number of hydrogen-bond donors (Lipinski definition) is 1. The van der Waals surface area contributed by atoms with Crippen LogP contribution in [0, 0.1) is 6.92 Å². The first-order valence-corrected chi connectivity index (χ1v) is 10.1. The highest BCUT2D eigenvalue weighted by Crippen LogP contribution is 2.33. The van der Waals surface area contributed by atoms with E-state index in [2.05, 4.69) is 23.3 Å². The largest absolute Gasteiger partial charge is 0.462 e. The molecular weight excluding hydrogens is 368 g/mol. The maximum Gasteiger partial charge on any atom is 0.350 e. The number of amides is 1. The van der Waals surface area contributed by atoms with E-state index >= 15 is 0 Å². The molecule has 0 aliphatic rings. The summed E-state index contributed by atoms with van der Waals surface area (Å²) in [6.45, 7) is 5.90. The number of rotatable bonds is 6. The van der Waals surface area contributed by atoms with Crippen molar-refractivity contribution in [3.63, 3.8) is 0 Å². The maximum atomic E-state index is 12.8. The van der Waals surface area contributed by atoms with Crippen LogP contribution in [-0.2, 0) is 11.2 Å². The van der Waals surface area contributed by atoms with Gasteiger partial charge in [-0.25, -0.2) is 9.78 Å². The molecule has 0 saturated carbocycles. The number of nitrogens with zero attached hydrogens (tertiary/aromatic N) is 1. The lowest BCUT2D eigenvalue weighted by Crippen LogP contribution is -2.12. The molecule has 0 spiro atoms. The third-order valence-corrected chi connectivity index (χ3v) is 6.15. The molecule has 3 aromatic rings. The molecule has 5 nitrogen and oxygen atoms in total. The number of esters is 1. The Balaban J connectivity index is 1.89. The smallest absolute Gasteiger partial charge is 0.350 e. The third-order valence-electron chi connectivity index (χ3n) is 3.88. The van der Waals surface area contributed by atoms with Crippen LogP contribution in [0.15, 0.2) is 24.3 Å². The molecule has 0 aliphatic carbocycles. The minimum Gasteiger partial charge on any atom is -0.462 e. The van der Waals surface area contributed by atoms with Gasteiger partial charge in [0.1, 0.15) is 4.88 Å². The third kappa shape index (κ3) is 3.64. The normalized spacial score (nSPS) is 10.9. The fourth-order valence-corrected chi connectivity index (χ4v) is 4.77. The van der Waals surface area contributed by atoms with Gasteiger partial charge in [0.2, 0.25) is 0 Å². The van der Waals surface area contributed by atoms with Gasteiger partial charge in [-0.3, -0.25) is 10.1 Å². The van der Waals surface area contributed by atoms with Crippen molar-refractivity contribution in [1.82, 2.24) is 4.98 Å². The molecule has 1 N–H and O–H groups in total. The van der Waals surface area contributed by atoms with Crippen LogP contribution in [0.1, 0.15) is 50.9 Å². The van der Waals surface area contributed by atoms with Crippen molar-refractivity contribution in [1.29, 1.82) is 0 Å². The second kappa shape index (κ2) is 7.97. The summed E-state index contributed by atoms with van der Waals surface area (Å²) in [7, 11) is 0. The number of benzene rings is 1. The number of carbonyl (C=O) groups excluding carboxylic acids is 2. The van der Waals surface area contributed by atoms with E-state index in [0.29, 0.717) is 27.2 Å². The Labute approximate surface area is 160 Å². The van der Waals surface area contributed by atoms with E-state index < -0.39 is 5.97 Å². The van der Waals surface area contributed by atoms with Crippen LogP contribution in [0.5, 0.6) is 0 Å². The van der Waals surface area contributed by atoms with E-state index in [0.717, 1.165) is 39.8 Å². The zero-order chi connectivity index (χ0) is 18.7. The summed E-state index contributed by atoms with van der Waals surface area (Å²) in [4.78, 5) is 30.2. The summed E-state index contributed by atoms with van der Waals surface area (Å²) in [6, 6.07) is 8.06. The zero-order valence-corrected chi connectivity index (χ0v) is 16.6. The molecule has 3 rings (SSSR count). The summed E-state index contributed by atoms with van der Waals surface area (Å²) in [5.74, 6) is -0.588. The fraction of sp³-hybridized carbons (Fsp3) is 0.316. The van der Waals surface area contributed by atoms with Gasteiger partial charge >= 0.3 is 5.97 Å². The van der Waals surface area contributed by atoms with Gasteiger partial charge in [0.05, 0.1) is 17.2 Å². The van der Waals surface area contributed by atoms with Gasteiger partial charge in [0.15, 0.2) is 5.13 Å². The molecular formula is C19H20N2O3S2. The molecule has 26 heavy (non-hydrogen) atoms. The average molecular weight is 389 g/mol. The van der Waals surface area contributed by atoms with Gasteiger partial charge in [0, 0.05) is 4.70 Å². The summed E-state index contributed by atoms with van der Waals surface area (Å²) < 4.78 is 6.12. The van der Waals surface area contributed by atoms with Gasteiger partial charge in [-0.2, -0.15) is 0 Å². The first-order valence-electron chi connectivity index (χ1n) is 8.51. The molecule has 0 saturated heterocycles. The standard InChI is InChI=1S/C19H20N2O3S2/c1-4-8-13-12-9-6-7-10-14(12)25-16(13)17(22)21-19-20-11(3)15(26-19)18(23)24-5-2/h6-7,9-10H,4-5,8H2,1-3H3,(H,20,21,22). The van der Waals surface area contributed by atoms with Crippen molar-refractivity contribution in [2.75, 3.05) is 11.9 Å². The van der Waals surface area contributed by atoms with Crippen LogP contribution in [0.25, 0.3) is 10.1 Å². The highest BCUT2D eigenvalue weighted by atomic mass is 32.1. The quantitative estimate of drug-likeness (QED) is 0.600. The van der Waals surface area contributed by atoms with E-state index in [1.54, 1.807) is 13.8 Å². The van der Waals surface area contributed by atoms with Crippen LogP contribution in [-0.4, -0.2) is 23.5 Å². The number of aryl methyl sites for hydroxylation is 2. The Morgan fingerprint density at radius 3 is 2.65 bits per heavy atom. The second-order valence-electron chi connectivity index (χ2n) is 5.76. The lowest BCUT2D eigenvalue weighted by molar-refractivity contribution is 0.0531. The number of aromatic nitrogens is 1. The second-order valence-corrected chi connectivity index (χ2v) is 7.82. The topological polar surface area (TPSA) is 68.3 Å². The Hall–Kier alpha value is -2.25. The van der Waals surface area contributed by atoms with Gasteiger partial charge < -0.3 is 4.74 Å². The number of fused-ring (bicyclic) bond motifs is 1. The van der Waals surface area contributed by atoms with Crippen molar-refractivity contribution in [3.05, 3.63) is 45.3 Å². The summed E-state index contributed by atoms with van der Waals surface area (Å²) in [5, 5.41) is 4.39. The molecule has 0 atom stereocenters. The maximum absolute atomic E-state index is 12.8. The molecule has 136 valence electrons. The predicted molar refractivity (Wildman–Crippen MR) is 107 cm³/mol. The molecule has 0 unspecified atom stereocenters. The Morgan fingerprint density at radius 1 is 1.15 bits per heavy atom. The predicted octanol–water partition coefficient (Wildman–Crippen LogP) is 5.05. The van der Waals surface area contributed by atoms with Crippen molar-refractivity contribution in [3.8, 4) is 0 Å². The Kier molecular flexibility index (Phi) is 5.68. The van der Waals surface area contributed by atoms with Crippen LogP contribution in [0.2, 0.25) is 0 Å². The molecule has 2 aromatic heterocycles. The van der Waals surface area contributed by atoms with Crippen molar-refractivity contribution in [2.45, 2.75) is 33.6 Å². The van der Waals surface area contributed by atoms with Crippen LogP contribution in [0.4, 0.5) is 5.13 Å². The van der Waals surface area contributed by atoms with Crippen molar-refractivity contribution in [2.24, 2.45) is 0 Å². The zero-order valence-electron chi connectivity index (χ0n) is 14.9. The van der Waals surface area contributed by atoms with Gasteiger partial charge in [-0.1, -0.05) is 42.9 Å². The summed E-state index contributed by atoms with van der Waals surface area (Å²) >= 11 is 2.63. The lowest BCUT2D eigenvalue weighted by Gasteiger charge is -2.03. The number of nitrogens with one attached hydrogen (secondary N) is 1. The van der Waals surface area contributed by atoms with Crippen molar-refractivity contribution < 1.29 is 14.3 Å². The molecule has 1 amide bonds. The van der Waals surface area contributed by atoms with E-state index in [4.69, 9.17) is 4.74 Å². The number of thiazole rings is 1. The van der Waals surface area contributed by atoms with Crippen molar-refractivity contribution >= 4 is 49.8 Å². The molecule has 7 heteroatoms. The summed E-state index contributed by atoms with van der Waals surface area (Å²) in [5.41, 5.74) is 1.64. The van der Waals surface area contributed by atoms with Crippen LogP contribution < -0.4 is 5.32 Å². The molecule has 2 heterocycles. The molecule has 1 aromatic carbocycles.